The number of aliphatic hydroxyl groups is 1. The van der Waals surface area contributed by atoms with Crippen molar-refractivity contribution >= 4 is 15.9 Å². The Morgan fingerprint density at radius 1 is 1.35 bits per heavy atom. The Balaban J connectivity index is 2.07. The molecular formula is C19H27NO5S. The molecule has 2 rings (SSSR count). The van der Waals surface area contributed by atoms with Gasteiger partial charge in [0.1, 0.15) is 5.60 Å². The highest BCUT2D eigenvalue weighted by atomic mass is 32.2. The lowest BCUT2D eigenvalue weighted by Gasteiger charge is -2.29. The van der Waals surface area contributed by atoms with Crippen LogP contribution in [0.5, 0.6) is 0 Å². The Hall–Kier alpha value is -1.86. The van der Waals surface area contributed by atoms with E-state index in [-0.39, 0.29) is 22.3 Å². The van der Waals surface area contributed by atoms with Gasteiger partial charge in [-0.2, -0.15) is 0 Å². The van der Waals surface area contributed by atoms with Gasteiger partial charge in [-0.05, 0) is 52.2 Å². The summed E-state index contributed by atoms with van der Waals surface area (Å²) in [6, 6.07) is 7.62. The number of ether oxygens (including phenoxy) is 1. The third-order valence-electron chi connectivity index (χ3n) is 4.27. The largest absolute Gasteiger partial charge is 0.444 e. The zero-order valence-corrected chi connectivity index (χ0v) is 16.3. The predicted molar refractivity (Wildman–Crippen MR) is 99.4 cm³/mol. The highest BCUT2D eigenvalue weighted by Gasteiger charge is 2.35. The van der Waals surface area contributed by atoms with Crippen LogP contribution in [0.2, 0.25) is 0 Å². The molecule has 0 saturated carbocycles. The fourth-order valence-corrected chi connectivity index (χ4v) is 4.23. The smallest absolute Gasteiger partial charge is 0.410 e. The molecule has 1 unspecified atom stereocenters. The molecule has 0 radical (unpaired) electrons. The number of rotatable bonds is 5. The van der Waals surface area contributed by atoms with Gasteiger partial charge in [0.25, 0.3) is 0 Å². The minimum atomic E-state index is -3.83. The van der Waals surface area contributed by atoms with Crippen LogP contribution in [-0.2, 0) is 14.6 Å². The first-order chi connectivity index (χ1) is 12.0. The molecule has 144 valence electrons. The topological polar surface area (TPSA) is 83.9 Å². The molecule has 1 heterocycles. The number of sulfone groups is 1. The number of likely N-dealkylation sites (tertiary alicyclic amines) is 1. The van der Waals surface area contributed by atoms with E-state index in [1.165, 1.54) is 12.1 Å². The van der Waals surface area contributed by atoms with E-state index < -0.39 is 27.6 Å². The summed E-state index contributed by atoms with van der Waals surface area (Å²) in [5, 5.41) is 10.4. The lowest BCUT2D eigenvalue weighted by molar-refractivity contribution is 0.0194. The van der Waals surface area contributed by atoms with Gasteiger partial charge in [-0.15, -0.1) is 0 Å². The van der Waals surface area contributed by atoms with Crippen molar-refractivity contribution in [1.29, 1.82) is 0 Å². The molecule has 1 aromatic rings. The van der Waals surface area contributed by atoms with E-state index in [0.717, 1.165) is 6.42 Å². The zero-order valence-electron chi connectivity index (χ0n) is 15.5. The predicted octanol–water partition coefficient (Wildman–Crippen LogP) is 3.12. The van der Waals surface area contributed by atoms with Crippen LogP contribution in [0, 0.1) is 0 Å². The van der Waals surface area contributed by atoms with Crippen LogP contribution in [0.3, 0.4) is 0 Å². The second kappa shape index (κ2) is 7.80. The summed E-state index contributed by atoms with van der Waals surface area (Å²) >= 11 is 0. The van der Waals surface area contributed by atoms with Crippen LogP contribution in [0.1, 0.15) is 40.0 Å². The lowest BCUT2D eigenvalue weighted by Crippen LogP contribution is -2.41. The van der Waals surface area contributed by atoms with Crippen molar-refractivity contribution in [3.63, 3.8) is 0 Å². The Morgan fingerprint density at radius 2 is 1.96 bits per heavy atom. The van der Waals surface area contributed by atoms with Gasteiger partial charge in [-0.3, -0.25) is 0 Å². The van der Waals surface area contributed by atoms with Crippen molar-refractivity contribution in [2.75, 3.05) is 6.54 Å². The van der Waals surface area contributed by atoms with E-state index in [0.29, 0.717) is 13.0 Å². The summed E-state index contributed by atoms with van der Waals surface area (Å²) in [6.07, 6.45) is -0.106. The standard InChI is InChI=1S/C19H27NO5S/c1-14(26(23,24)16-10-6-5-7-11-16)17(21)13-15-9-8-12-20(15)18(22)25-19(2,3)4/h5-7,10-11,15,17,21H,1,8-9,12-13H2,2-4H3/t15-,17?/m0/s1. The van der Waals surface area contributed by atoms with Gasteiger partial charge < -0.3 is 14.7 Å². The average molecular weight is 381 g/mol. The summed E-state index contributed by atoms with van der Waals surface area (Å²) < 4.78 is 30.6. The first-order valence-electron chi connectivity index (χ1n) is 8.69. The quantitative estimate of drug-likeness (QED) is 0.847. The molecule has 26 heavy (non-hydrogen) atoms. The molecular weight excluding hydrogens is 354 g/mol. The molecule has 7 heteroatoms. The highest BCUT2D eigenvalue weighted by Crippen LogP contribution is 2.28. The maximum atomic E-state index is 12.6. The molecule has 1 saturated heterocycles. The van der Waals surface area contributed by atoms with E-state index in [9.17, 15) is 18.3 Å². The van der Waals surface area contributed by atoms with Gasteiger partial charge in [0.05, 0.1) is 15.9 Å². The summed E-state index contributed by atoms with van der Waals surface area (Å²) in [7, 11) is -3.83. The number of amides is 1. The van der Waals surface area contributed by atoms with E-state index in [2.05, 4.69) is 6.58 Å². The number of hydrogen-bond donors (Lipinski definition) is 1. The van der Waals surface area contributed by atoms with Crippen molar-refractivity contribution in [1.82, 2.24) is 4.90 Å². The number of benzene rings is 1. The lowest BCUT2D eigenvalue weighted by atomic mass is 10.1. The fraction of sp³-hybridized carbons (Fsp3) is 0.526. The zero-order chi connectivity index (χ0) is 19.5. The van der Waals surface area contributed by atoms with E-state index >= 15 is 0 Å². The monoisotopic (exact) mass is 381 g/mol. The first kappa shape index (κ1) is 20.5. The van der Waals surface area contributed by atoms with Crippen molar-refractivity contribution in [3.05, 3.63) is 41.8 Å². The molecule has 1 amide bonds. The van der Waals surface area contributed by atoms with Gasteiger partial charge >= 0.3 is 6.09 Å². The number of aliphatic hydroxyl groups excluding tert-OH is 1. The van der Waals surface area contributed by atoms with Crippen molar-refractivity contribution in [2.45, 2.75) is 62.7 Å². The number of carbonyl (C=O) groups is 1. The second-order valence-corrected chi connectivity index (χ2v) is 9.51. The number of hydrogen-bond acceptors (Lipinski definition) is 5. The third-order valence-corrected chi connectivity index (χ3v) is 6.13. The first-order valence-corrected chi connectivity index (χ1v) is 10.2. The van der Waals surface area contributed by atoms with Crippen LogP contribution in [0.4, 0.5) is 4.79 Å². The van der Waals surface area contributed by atoms with Gasteiger partial charge in [-0.1, -0.05) is 24.8 Å². The maximum Gasteiger partial charge on any atom is 0.410 e. The molecule has 1 N–H and O–H groups in total. The Kier molecular flexibility index (Phi) is 6.13. The average Bonchev–Trinajstić information content (AvgIpc) is 3.01. The SMILES string of the molecule is C=C(C(O)C[C@@H]1CCCN1C(=O)OC(C)(C)C)S(=O)(=O)c1ccccc1. The number of nitrogens with zero attached hydrogens (tertiary/aromatic N) is 1. The van der Waals surface area contributed by atoms with E-state index in [1.807, 2.05) is 0 Å². The van der Waals surface area contributed by atoms with Crippen molar-refractivity contribution in [2.24, 2.45) is 0 Å². The van der Waals surface area contributed by atoms with Crippen molar-refractivity contribution < 1.29 is 23.1 Å². The molecule has 1 aliphatic rings. The minimum Gasteiger partial charge on any atom is -0.444 e. The third kappa shape index (κ3) is 4.86. The van der Waals surface area contributed by atoms with Crippen LogP contribution >= 0.6 is 0 Å². The van der Waals surface area contributed by atoms with Crippen molar-refractivity contribution in [3.8, 4) is 0 Å². The van der Waals surface area contributed by atoms with Crippen LogP contribution < -0.4 is 0 Å². The molecule has 1 fully saturated rings. The van der Waals surface area contributed by atoms with Gasteiger partial charge in [0, 0.05) is 12.6 Å². The molecule has 2 atom stereocenters. The summed E-state index contributed by atoms with van der Waals surface area (Å²) in [6.45, 7) is 9.51. The molecule has 0 spiro atoms. The number of carbonyl (C=O) groups excluding carboxylic acids is 1. The van der Waals surface area contributed by atoms with Crippen LogP contribution in [0.15, 0.2) is 46.7 Å². The molecule has 0 bridgehead atoms. The maximum absolute atomic E-state index is 12.6. The van der Waals surface area contributed by atoms with Gasteiger partial charge in [0.2, 0.25) is 9.84 Å². The molecule has 1 aliphatic heterocycles. The Bertz CT molecular complexity index is 752. The molecule has 1 aromatic carbocycles. The molecule has 6 nitrogen and oxygen atoms in total. The van der Waals surface area contributed by atoms with Crippen LogP contribution in [-0.4, -0.2) is 48.8 Å². The van der Waals surface area contributed by atoms with E-state index in [1.54, 1.807) is 43.9 Å². The highest BCUT2D eigenvalue weighted by molar-refractivity contribution is 7.95. The summed E-state index contributed by atoms with van der Waals surface area (Å²) in [5.74, 6) is 0. The Morgan fingerprint density at radius 3 is 2.54 bits per heavy atom. The Labute approximate surface area is 155 Å². The normalized spacial score (nSPS) is 19.2. The minimum absolute atomic E-state index is 0.0967. The fourth-order valence-electron chi connectivity index (χ4n) is 2.96. The summed E-state index contributed by atoms with van der Waals surface area (Å²) in [5.41, 5.74) is -0.608. The summed E-state index contributed by atoms with van der Waals surface area (Å²) in [4.78, 5) is 13.7. The molecule has 0 aromatic heterocycles. The van der Waals surface area contributed by atoms with Gasteiger partial charge in [-0.25, -0.2) is 13.2 Å². The van der Waals surface area contributed by atoms with E-state index in [4.69, 9.17) is 4.74 Å². The van der Waals surface area contributed by atoms with Crippen LogP contribution in [0.25, 0.3) is 0 Å². The second-order valence-electron chi connectivity index (χ2n) is 7.50. The van der Waals surface area contributed by atoms with Gasteiger partial charge in [0.15, 0.2) is 0 Å². The molecule has 0 aliphatic carbocycles.